The zero-order chi connectivity index (χ0) is 13.1. The maximum Gasteiger partial charge on any atom is 0.106 e. The standard InChI is InChI=1S/C13H21BrN2O/c1-9(8-13(3,4)17-5)15-11-6-7-12(14)16-10(11)2/h6-7,9,15H,8H2,1-5H3. The predicted molar refractivity (Wildman–Crippen MR) is 75.5 cm³/mol. The summed E-state index contributed by atoms with van der Waals surface area (Å²) < 4.78 is 6.30. The highest BCUT2D eigenvalue weighted by Gasteiger charge is 2.20. The van der Waals surface area contributed by atoms with Crippen molar-refractivity contribution >= 4 is 21.6 Å². The molecular formula is C13H21BrN2O. The van der Waals surface area contributed by atoms with Crippen LogP contribution in [0, 0.1) is 6.92 Å². The Morgan fingerprint density at radius 1 is 1.47 bits per heavy atom. The number of anilines is 1. The van der Waals surface area contributed by atoms with Crippen molar-refractivity contribution in [3.05, 3.63) is 22.4 Å². The number of methoxy groups -OCH3 is 1. The van der Waals surface area contributed by atoms with Crippen molar-refractivity contribution in [2.45, 2.75) is 45.8 Å². The van der Waals surface area contributed by atoms with Gasteiger partial charge in [0.25, 0.3) is 0 Å². The minimum Gasteiger partial charge on any atom is -0.381 e. The third-order valence-corrected chi connectivity index (χ3v) is 3.25. The molecule has 3 nitrogen and oxygen atoms in total. The average Bonchev–Trinajstić information content (AvgIpc) is 2.21. The van der Waals surface area contributed by atoms with E-state index in [-0.39, 0.29) is 5.60 Å². The van der Waals surface area contributed by atoms with Crippen LogP contribution in [0.5, 0.6) is 0 Å². The molecule has 1 aromatic heterocycles. The van der Waals surface area contributed by atoms with Crippen molar-refractivity contribution in [1.29, 1.82) is 0 Å². The first kappa shape index (κ1) is 14.5. The fourth-order valence-electron chi connectivity index (χ4n) is 1.82. The van der Waals surface area contributed by atoms with E-state index in [1.165, 1.54) is 0 Å². The van der Waals surface area contributed by atoms with Crippen LogP contribution in [-0.4, -0.2) is 23.7 Å². The van der Waals surface area contributed by atoms with Crippen molar-refractivity contribution in [3.8, 4) is 0 Å². The molecule has 1 unspecified atom stereocenters. The molecule has 0 aliphatic heterocycles. The van der Waals surface area contributed by atoms with Crippen LogP contribution < -0.4 is 5.32 Å². The smallest absolute Gasteiger partial charge is 0.106 e. The number of halogens is 1. The molecular weight excluding hydrogens is 280 g/mol. The molecule has 0 aromatic carbocycles. The van der Waals surface area contributed by atoms with Crippen LogP contribution in [0.2, 0.25) is 0 Å². The molecule has 0 fully saturated rings. The first-order valence-electron chi connectivity index (χ1n) is 5.79. The lowest BCUT2D eigenvalue weighted by Gasteiger charge is -2.27. The SMILES string of the molecule is COC(C)(C)CC(C)Nc1ccc(Br)nc1C. The molecule has 96 valence electrons. The number of ether oxygens (including phenoxy) is 1. The quantitative estimate of drug-likeness (QED) is 0.841. The molecule has 17 heavy (non-hydrogen) atoms. The van der Waals surface area contributed by atoms with Crippen molar-refractivity contribution in [1.82, 2.24) is 4.98 Å². The summed E-state index contributed by atoms with van der Waals surface area (Å²) in [6.45, 7) is 8.35. The molecule has 0 aliphatic rings. The van der Waals surface area contributed by atoms with Gasteiger partial charge in [-0.1, -0.05) is 0 Å². The number of pyridine rings is 1. The highest BCUT2D eigenvalue weighted by Crippen LogP contribution is 2.21. The number of rotatable bonds is 5. The molecule has 1 atom stereocenters. The average molecular weight is 301 g/mol. The molecule has 1 heterocycles. The van der Waals surface area contributed by atoms with Gasteiger partial charge in [-0.15, -0.1) is 0 Å². The maximum absolute atomic E-state index is 5.43. The van der Waals surface area contributed by atoms with E-state index in [9.17, 15) is 0 Å². The minimum absolute atomic E-state index is 0.108. The molecule has 0 spiro atoms. The van der Waals surface area contributed by atoms with Gasteiger partial charge in [0.2, 0.25) is 0 Å². The molecule has 0 radical (unpaired) electrons. The third-order valence-electron chi connectivity index (χ3n) is 2.80. The summed E-state index contributed by atoms with van der Waals surface area (Å²) >= 11 is 3.36. The van der Waals surface area contributed by atoms with E-state index in [1.807, 2.05) is 19.1 Å². The zero-order valence-corrected chi connectivity index (χ0v) is 12.8. The summed E-state index contributed by atoms with van der Waals surface area (Å²) in [4.78, 5) is 4.37. The Kier molecular flexibility index (Phi) is 4.95. The lowest BCUT2D eigenvalue weighted by Crippen LogP contribution is -2.31. The molecule has 0 saturated carbocycles. The Labute approximate surface area is 112 Å². The summed E-state index contributed by atoms with van der Waals surface area (Å²) in [6, 6.07) is 4.33. The number of hydrogen-bond acceptors (Lipinski definition) is 3. The van der Waals surface area contributed by atoms with Gasteiger partial charge in [0.15, 0.2) is 0 Å². The van der Waals surface area contributed by atoms with Crippen molar-refractivity contribution in [2.75, 3.05) is 12.4 Å². The lowest BCUT2D eigenvalue weighted by molar-refractivity contribution is 0.0128. The number of aryl methyl sites for hydroxylation is 1. The summed E-state index contributed by atoms with van der Waals surface area (Å²) in [5, 5.41) is 3.46. The summed E-state index contributed by atoms with van der Waals surface area (Å²) in [5.41, 5.74) is 1.97. The van der Waals surface area contributed by atoms with E-state index in [1.54, 1.807) is 7.11 Å². The van der Waals surface area contributed by atoms with E-state index >= 15 is 0 Å². The van der Waals surface area contributed by atoms with E-state index in [4.69, 9.17) is 4.74 Å². The first-order valence-corrected chi connectivity index (χ1v) is 6.58. The van der Waals surface area contributed by atoms with Gasteiger partial charge in [-0.2, -0.15) is 0 Å². The van der Waals surface area contributed by atoms with Gasteiger partial charge in [0.1, 0.15) is 4.60 Å². The Morgan fingerprint density at radius 2 is 2.12 bits per heavy atom. The molecule has 1 N–H and O–H groups in total. The predicted octanol–water partition coefficient (Wildman–Crippen LogP) is 3.77. The molecule has 0 amide bonds. The zero-order valence-electron chi connectivity index (χ0n) is 11.2. The van der Waals surface area contributed by atoms with E-state index in [0.717, 1.165) is 22.4 Å². The fourth-order valence-corrected chi connectivity index (χ4v) is 2.22. The van der Waals surface area contributed by atoms with E-state index < -0.39 is 0 Å². The number of hydrogen-bond donors (Lipinski definition) is 1. The highest BCUT2D eigenvalue weighted by molar-refractivity contribution is 9.10. The van der Waals surface area contributed by atoms with Crippen LogP contribution in [0.15, 0.2) is 16.7 Å². The highest BCUT2D eigenvalue weighted by atomic mass is 79.9. The van der Waals surface area contributed by atoms with Gasteiger partial charge in [-0.05, 0) is 62.2 Å². The van der Waals surface area contributed by atoms with Crippen molar-refractivity contribution in [3.63, 3.8) is 0 Å². The molecule has 0 aliphatic carbocycles. The second kappa shape index (κ2) is 5.83. The maximum atomic E-state index is 5.43. The van der Waals surface area contributed by atoms with Crippen LogP contribution in [0.25, 0.3) is 0 Å². The van der Waals surface area contributed by atoms with Crippen LogP contribution in [0.4, 0.5) is 5.69 Å². The number of nitrogens with one attached hydrogen (secondary N) is 1. The lowest BCUT2D eigenvalue weighted by atomic mass is 9.99. The van der Waals surface area contributed by atoms with Crippen molar-refractivity contribution < 1.29 is 4.74 Å². The monoisotopic (exact) mass is 300 g/mol. The molecule has 1 rings (SSSR count). The van der Waals surface area contributed by atoms with Gasteiger partial charge in [0, 0.05) is 13.2 Å². The molecule has 0 saturated heterocycles. The second-order valence-corrected chi connectivity index (χ2v) is 5.79. The van der Waals surface area contributed by atoms with Gasteiger partial charge >= 0.3 is 0 Å². The Hall–Kier alpha value is -0.610. The molecule has 1 aromatic rings. The van der Waals surface area contributed by atoms with Gasteiger partial charge in [0.05, 0.1) is 17.0 Å². The van der Waals surface area contributed by atoms with Crippen LogP contribution >= 0.6 is 15.9 Å². The van der Waals surface area contributed by atoms with Gasteiger partial charge in [-0.25, -0.2) is 4.98 Å². The van der Waals surface area contributed by atoms with Crippen LogP contribution in [0.3, 0.4) is 0 Å². The summed E-state index contributed by atoms with van der Waals surface area (Å²) in [7, 11) is 1.75. The number of nitrogens with zero attached hydrogens (tertiary/aromatic N) is 1. The van der Waals surface area contributed by atoms with Gasteiger partial charge in [-0.3, -0.25) is 0 Å². The normalized spacial score (nSPS) is 13.5. The second-order valence-electron chi connectivity index (χ2n) is 4.98. The third kappa shape index (κ3) is 4.64. The van der Waals surface area contributed by atoms with Crippen LogP contribution in [-0.2, 0) is 4.74 Å². The Bertz CT molecular complexity index is 380. The van der Waals surface area contributed by atoms with Gasteiger partial charge < -0.3 is 10.1 Å². The Balaban J connectivity index is 2.65. The van der Waals surface area contributed by atoms with E-state index in [0.29, 0.717) is 6.04 Å². The first-order chi connectivity index (χ1) is 7.84. The molecule has 0 bridgehead atoms. The fraction of sp³-hybridized carbons (Fsp3) is 0.615. The number of aromatic nitrogens is 1. The summed E-state index contributed by atoms with van der Waals surface area (Å²) in [5.74, 6) is 0. The molecule has 4 heteroatoms. The topological polar surface area (TPSA) is 34.1 Å². The Morgan fingerprint density at radius 3 is 2.65 bits per heavy atom. The van der Waals surface area contributed by atoms with E-state index in [2.05, 4.69) is 47.0 Å². The summed E-state index contributed by atoms with van der Waals surface area (Å²) in [6.07, 6.45) is 0.943. The minimum atomic E-state index is -0.108. The van der Waals surface area contributed by atoms with Crippen LogP contribution in [0.1, 0.15) is 32.9 Å². The van der Waals surface area contributed by atoms with Crippen molar-refractivity contribution in [2.24, 2.45) is 0 Å². The largest absolute Gasteiger partial charge is 0.381 e.